The molecule has 1 atom stereocenters. The Balaban J connectivity index is 1.54. The SMILES string of the molecule is O=C(CNC(=O)Oc1sc(C2=NOC(c3cc(Cl)cc(Cl)c3)(C(F)(F)F)C2)c2c1CCCC2)NCC(F)(F)F. The number of oxime groups is 1. The normalized spacial score (nSPS) is 19.1. The number of thiophene rings is 1. The molecule has 0 saturated carbocycles. The second-order valence-electron chi connectivity index (χ2n) is 8.81. The highest BCUT2D eigenvalue weighted by atomic mass is 35.5. The largest absolute Gasteiger partial charge is 0.435 e. The van der Waals surface area contributed by atoms with Gasteiger partial charge in [0.2, 0.25) is 5.91 Å². The molecule has 0 spiro atoms. The lowest BCUT2D eigenvalue weighted by Crippen LogP contribution is -2.42. The second kappa shape index (κ2) is 11.0. The summed E-state index contributed by atoms with van der Waals surface area (Å²) in [7, 11) is 0. The van der Waals surface area contributed by atoms with E-state index in [1.807, 2.05) is 0 Å². The van der Waals surface area contributed by atoms with Crippen LogP contribution in [0.25, 0.3) is 0 Å². The maximum Gasteiger partial charge on any atom is 0.435 e. The molecule has 1 unspecified atom stereocenters. The van der Waals surface area contributed by atoms with Gasteiger partial charge in [-0.25, -0.2) is 4.79 Å². The Hall–Kier alpha value is -2.71. The van der Waals surface area contributed by atoms with E-state index in [2.05, 4.69) is 10.5 Å². The zero-order valence-corrected chi connectivity index (χ0v) is 22.0. The van der Waals surface area contributed by atoms with Gasteiger partial charge < -0.3 is 20.2 Å². The number of amides is 2. The van der Waals surface area contributed by atoms with Crippen LogP contribution in [-0.2, 0) is 28.1 Å². The molecule has 0 bridgehead atoms. The molecule has 212 valence electrons. The van der Waals surface area contributed by atoms with E-state index in [0.29, 0.717) is 28.8 Å². The fourth-order valence-electron chi connectivity index (χ4n) is 4.26. The van der Waals surface area contributed by atoms with Gasteiger partial charge in [-0.2, -0.15) is 26.3 Å². The molecule has 2 heterocycles. The van der Waals surface area contributed by atoms with Gasteiger partial charge in [-0.15, -0.1) is 0 Å². The number of hydrogen-bond acceptors (Lipinski definition) is 6. The molecule has 39 heavy (non-hydrogen) atoms. The Kier molecular flexibility index (Phi) is 8.29. The Labute approximate surface area is 231 Å². The van der Waals surface area contributed by atoms with Crippen molar-refractivity contribution in [2.24, 2.45) is 5.16 Å². The van der Waals surface area contributed by atoms with Crippen LogP contribution in [0.15, 0.2) is 23.4 Å². The highest BCUT2D eigenvalue weighted by Crippen LogP contribution is 2.51. The van der Waals surface area contributed by atoms with E-state index in [9.17, 15) is 35.9 Å². The lowest BCUT2D eigenvalue weighted by molar-refractivity contribution is -0.275. The molecule has 0 radical (unpaired) electrons. The van der Waals surface area contributed by atoms with Crippen LogP contribution >= 0.6 is 34.5 Å². The lowest BCUT2D eigenvalue weighted by atomic mass is 9.86. The lowest BCUT2D eigenvalue weighted by Gasteiger charge is -2.29. The maximum absolute atomic E-state index is 14.4. The van der Waals surface area contributed by atoms with Crippen LogP contribution in [0.5, 0.6) is 5.06 Å². The smallest absolute Gasteiger partial charge is 0.399 e. The minimum absolute atomic E-state index is 0.00615. The molecule has 7 nitrogen and oxygen atoms in total. The number of halogens is 8. The van der Waals surface area contributed by atoms with Crippen molar-refractivity contribution in [2.45, 2.75) is 50.1 Å². The number of carbonyl (C=O) groups is 2. The molecule has 0 saturated heterocycles. The first-order chi connectivity index (χ1) is 18.2. The summed E-state index contributed by atoms with van der Waals surface area (Å²) in [4.78, 5) is 29.2. The number of hydrogen-bond donors (Lipinski definition) is 2. The summed E-state index contributed by atoms with van der Waals surface area (Å²) < 4.78 is 85.1. The van der Waals surface area contributed by atoms with E-state index in [1.54, 1.807) is 5.32 Å². The molecular weight excluding hydrogens is 599 g/mol. The molecule has 1 aromatic heterocycles. The van der Waals surface area contributed by atoms with E-state index >= 15 is 0 Å². The first-order valence-corrected chi connectivity index (χ1v) is 13.0. The summed E-state index contributed by atoms with van der Waals surface area (Å²) in [6.07, 6.45) is -8.86. The van der Waals surface area contributed by atoms with Crippen LogP contribution in [0, 0.1) is 0 Å². The van der Waals surface area contributed by atoms with Crippen LogP contribution in [0.1, 0.15) is 40.8 Å². The van der Waals surface area contributed by atoms with Gasteiger partial charge in [0.25, 0.3) is 5.60 Å². The molecule has 2 amide bonds. The minimum atomic E-state index is -4.89. The number of ether oxygens (including phenoxy) is 1. The predicted molar refractivity (Wildman–Crippen MR) is 130 cm³/mol. The van der Waals surface area contributed by atoms with E-state index in [0.717, 1.165) is 36.3 Å². The fourth-order valence-corrected chi connectivity index (χ4v) is 6.01. The Bertz CT molecular complexity index is 1290. The molecule has 1 aliphatic heterocycles. The predicted octanol–water partition coefficient (Wildman–Crippen LogP) is 6.28. The summed E-state index contributed by atoms with van der Waals surface area (Å²) in [5.74, 6) is -1.08. The molecule has 0 fully saturated rings. The summed E-state index contributed by atoms with van der Waals surface area (Å²) in [6.45, 7) is -2.33. The third kappa shape index (κ3) is 6.55. The molecule has 4 rings (SSSR count). The molecular formula is C23H19Cl2F6N3O4S. The van der Waals surface area contributed by atoms with E-state index < -0.39 is 49.5 Å². The number of fused-ring (bicyclic) bond motifs is 1. The number of benzene rings is 1. The van der Waals surface area contributed by atoms with Crippen molar-refractivity contribution >= 4 is 52.3 Å². The summed E-state index contributed by atoms with van der Waals surface area (Å²) in [6, 6.07) is 3.50. The maximum atomic E-state index is 14.4. The molecule has 2 aliphatic rings. The molecule has 16 heteroatoms. The fraction of sp³-hybridized carbons (Fsp3) is 0.435. The monoisotopic (exact) mass is 617 g/mol. The molecule has 2 aromatic rings. The van der Waals surface area contributed by atoms with Crippen LogP contribution in [0.3, 0.4) is 0 Å². The van der Waals surface area contributed by atoms with Crippen LogP contribution in [0.4, 0.5) is 31.1 Å². The van der Waals surface area contributed by atoms with E-state index in [4.69, 9.17) is 32.8 Å². The molecule has 2 N–H and O–H groups in total. The molecule has 1 aliphatic carbocycles. The topological polar surface area (TPSA) is 89.0 Å². The second-order valence-corrected chi connectivity index (χ2v) is 10.7. The van der Waals surface area contributed by atoms with E-state index in [-0.39, 0.29) is 26.4 Å². The first-order valence-electron chi connectivity index (χ1n) is 11.4. The van der Waals surface area contributed by atoms with Crippen molar-refractivity contribution in [1.82, 2.24) is 10.6 Å². The highest BCUT2D eigenvalue weighted by Gasteiger charge is 2.62. The number of nitrogens with zero attached hydrogens (tertiary/aromatic N) is 1. The Morgan fingerprint density at radius 3 is 2.28 bits per heavy atom. The van der Waals surface area contributed by atoms with Crippen molar-refractivity contribution in [3.8, 4) is 5.06 Å². The van der Waals surface area contributed by atoms with E-state index in [1.165, 1.54) is 6.07 Å². The van der Waals surface area contributed by atoms with Crippen molar-refractivity contribution in [3.05, 3.63) is 49.8 Å². The summed E-state index contributed by atoms with van der Waals surface area (Å²) >= 11 is 12.8. The third-order valence-electron chi connectivity index (χ3n) is 6.02. The quantitative estimate of drug-likeness (QED) is 0.373. The van der Waals surface area contributed by atoms with Crippen LogP contribution < -0.4 is 15.4 Å². The average Bonchev–Trinajstić information content (AvgIpc) is 3.44. The van der Waals surface area contributed by atoms with Gasteiger partial charge >= 0.3 is 18.4 Å². The first kappa shape index (κ1) is 29.3. The third-order valence-corrected chi connectivity index (χ3v) is 7.66. The van der Waals surface area contributed by atoms with Crippen molar-refractivity contribution in [2.75, 3.05) is 13.1 Å². The van der Waals surface area contributed by atoms with Gasteiger partial charge in [0.1, 0.15) is 18.8 Å². The van der Waals surface area contributed by atoms with Gasteiger partial charge in [0.05, 0.1) is 11.3 Å². The van der Waals surface area contributed by atoms with Crippen molar-refractivity contribution < 1.29 is 45.5 Å². The van der Waals surface area contributed by atoms with Crippen LogP contribution in [0.2, 0.25) is 10.0 Å². The van der Waals surface area contributed by atoms with Gasteiger partial charge in [-0.1, -0.05) is 39.7 Å². The number of carbonyl (C=O) groups excluding carboxylic acids is 2. The number of alkyl halides is 6. The standard InChI is InChI=1S/C23H19Cl2F6N3O4S/c24-12-5-11(6-13(25)7-12)21(23(29,30)31)8-16(34-38-21)18-14-3-1-2-4-15(14)19(39-18)37-20(36)32-9-17(35)33-10-22(26,27)28/h5-7H,1-4,8-10H2,(H,32,36)(H,33,35). The Morgan fingerprint density at radius 1 is 1.03 bits per heavy atom. The van der Waals surface area contributed by atoms with Crippen molar-refractivity contribution in [1.29, 1.82) is 0 Å². The van der Waals surface area contributed by atoms with Gasteiger partial charge in [-0.3, -0.25) is 4.79 Å². The number of rotatable bonds is 6. The Morgan fingerprint density at radius 2 is 1.67 bits per heavy atom. The van der Waals surface area contributed by atoms with Gasteiger partial charge in [0.15, 0.2) is 5.06 Å². The average molecular weight is 618 g/mol. The minimum Gasteiger partial charge on any atom is -0.399 e. The highest BCUT2D eigenvalue weighted by molar-refractivity contribution is 7.16. The molecule has 1 aromatic carbocycles. The van der Waals surface area contributed by atoms with Gasteiger partial charge in [-0.05, 0) is 49.4 Å². The van der Waals surface area contributed by atoms with Crippen molar-refractivity contribution in [3.63, 3.8) is 0 Å². The summed E-state index contributed by atoms with van der Waals surface area (Å²) in [5.41, 5.74) is -1.90. The summed E-state index contributed by atoms with van der Waals surface area (Å²) in [5, 5.41) is 7.50. The van der Waals surface area contributed by atoms with Gasteiger partial charge in [0, 0.05) is 21.2 Å². The zero-order valence-electron chi connectivity index (χ0n) is 19.7. The van der Waals surface area contributed by atoms with Crippen LogP contribution in [-0.4, -0.2) is 43.2 Å². The number of nitrogens with one attached hydrogen (secondary N) is 2. The zero-order chi connectivity index (χ0) is 28.6.